The number of carboxylic acids is 1. The molecule has 164 valence electrons. The van der Waals surface area contributed by atoms with E-state index < -0.39 is 17.9 Å². The highest BCUT2D eigenvalue weighted by Gasteiger charge is 2.19. The molecule has 30 heavy (non-hydrogen) atoms. The Bertz CT molecular complexity index is 933. The highest BCUT2D eigenvalue weighted by atomic mass is 16.5. The molecule has 2 aromatic rings. The third kappa shape index (κ3) is 6.34. The number of fused-ring (bicyclic) bond motifs is 1. The van der Waals surface area contributed by atoms with Gasteiger partial charge in [0.2, 0.25) is 0 Å². The number of nitrogens with one attached hydrogen (secondary N) is 1. The fraction of sp³-hybridized carbons (Fsp3) is 0.522. The Kier molecular flexibility index (Phi) is 8.89. The zero-order valence-corrected chi connectivity index (χ0v) is 18.0. The minimum absolute atomic E-state index is 0.322. The van der Waals surface area contributed by atoms with Crippen LogP contribution in [0.4, 0.5) is 0 Å². The largest absolute Gasteiger partial charge is 0.484 e. The van der Waals surface area contributed by atoms with Crippen LogP contribution in [0.2, 0.25) is 0 Å². The number of carbonyl (C=O) groups excluding carboxylic acids is 1. The maximum absolute atomic E-state index is 12.4. The van der Waals surface area contributed by atoms with Gasteiger partial charge in [-0.05, 0) is 43.9 Å². The molecule has 0 aliphatic rings. The first-order valence-corrected chi connectivity index (χ1v) is 10.6. The van der Waals surface area contributed by atoms with Crippen molar-refractivity contribution in [2.75, 3.05) is 6.61 Å². The van der Waals surface area contributed by atoms with Gasteiger partial charge < -0.3 is 19.6 Å². The number of aliphatic carboxylic acids is 1. The molecule has 0 spiro atoms. The lowest BCUT2D eigenvalue weighted by Gasteiger charge is -2.14. The fourth-order valence-electron chi connectivity index (χ4n) is 3.41. The van der Waals surface area contributed by atoms with Crippen LogP contribution in [0.1, 0.15) is 63.5 Å². The predicted octanol–water partition coefficient (Wildman–Crippen LogP) is 3.97. The molecule has 0 saturated carbocycles. The fourth-order valence-corrected chi connectivity index (χ4v) is 3.41. The summed E-state index contributed by atoms with van der Waals surface area (Å²) in [6.07, 6.45) is 6.02. The van der Waals surface area contributed by atoms with Gasteiger partial charge in [-0.25, -0.2) is 9.59 Å². The van der Waals surface area contributed by atoms with E-state index in [4.69, 9.17) is 14.3 Å². The second kappa shape index (κ2) is 11.4. The highest BCUT2D eigenvalue weighted by molar-refractivity contribution is 5.85. The van der Waals surface area contributed by atoms with Gasteiger partial charge in [0.25, 0.3) is 5.91 Å². The number of unbranched alkanes of at least 4 members (excludes halogenated alkanes) is 3. The van der Waals surface area contributed by atoms with Crippen LogP contribution in [0.25, 0.3) is 11.0 Å². The molecule has 1 atom stereocenters. The van der Waals surface area contributed by atoms with Crippen LogP contribution >= 0.6 is 0 Å². The summed E-state index contributed by atoms with van der Waals surface area (Å²) in [4.78, 5) is 35.5. The van der Waals surface area contributed by atoms with Crippen molar-refractivity contribution in [2.45, 2.75) is 71.8 Å². The van der Waals surface area contributed by atoms with Crippen molar-refractivity contribution in [1.82, 2.24) is 5.32 Å². The minimum Gasteiger partial charge on any atom is -0.484 e. The second-order valence-corrected chi connectivity index (χ2v) is 7.50. The van der Waals surface area contributed by atoms with Crippen molar-refractivity contribution in [3.05, 3.63) is 39.7 Å². The van der Waals surface area contributed by atoms with E-state index in [1.54, 1.807) is 12.1 Å². The zero-order chi connectivity index (χ0) is 22.1. The third-order valence-electron chi connectivity index (χ3n) is 5.12. The normalized spacial score (nSPS) is 12.0. The number of hydrogen-bond donors (Lipinski definition) is 2. The monoisotopic (exact) mass is 417 g/mol. The standard InChI is InChI=1S/C23H31NO6/c1-4-6-7-8-10-18-15(3)17-12-11-16(13-20(17)30-23(18)28)29-14-21(25)24-19(9-5-2)22(26)27/h11-13,19H,4-10,14H2,1-3H3,(H,24,25)(H,26,27). The van der Waals surface area contributed by atoms with Crippen molar-refractivity contribution in [2.24, 2.45) is 0 Å². The molecule has 7 nitrogen and oxygen atoms in total. The first-order valence-electron chi connectivity index (χ1n) is 10.6. The van der Waals surface area contributed by atoms with E-state index in [-0.39, 0.29) is 12.2 Å². The van der Waals surface area contributed by atoms with Crippen LogP contribution in [0.3, 0.4) is 0 Å². The second-order valence-electron chi connectivity index (χ2n) is 7.50. The number of aryl methyl sites for hydroxylation is 1. The number of amides is 1. The van der Waals surface area contributed by atoms with E-state index >= 15 is 0 Å². The van der Waals surface area contributed by atoms with Crippen LogP contribution < -0.4 is 15.7 Å². The van der Waals surface area contributed by atoms with Crippen molar-refractivity contribution in [1.29, 1.82) is 0 Å². The highest BCUT2D eigenvalue weighted by Crippen LogP contribution is 2.25. The molecule has 1 heterocycles. The quantitative estimate of drug-likeness (QED) is 0.400. The molecule has 2 N–H and O–H groups in total. The van der Waals surface area contributed by atoms with Gasteiger partial charge in [0, 0.05) is 17.0 Å². The average molecular weight is 418 g/mol. The Morgan fingerprint density at radius 1 is 1.17 bits per heavy atom. The Hall–Kier alpha value is -2.83. The molecule has 0 aliphatic carbocycles. The van der Waals surface area contributed by atoms with Gasteiger partial charge in [-0.15, -0.1) is 0 Å². The van der Waals surface area contributed by atoms with Crippen LogP contribution in [0.15, 0.2) is 27.4 Å². The van der Waals surface area contributed by atoms with Crippen LogP contribution in [0.5, 0.6) is 5.75 Å². The van der Waals surface area contributed by atoms with Crippen LogP contribution in [-0.2, 0) is 16.0 Å². The number of benzene rings is 1. The summed E-state index contributed by atoms with van der Waals surface area (Å²) in [7, 11) is 0. The summed E-state index contributed by atoms with van der Waals surface area (Å²) in [6.45, 7) is 5.59. The van der Waals surface area contributed by atoms with Crippen molar-refractivity contribution in [3.63, 3.8) is 0 Å². The lowest BCUT2D eigenvalue weighted by atomic mass is 10.0. The maximum atomic E-state index is 12.4. The molecular formula is C23H31NO6. The number of rotatable bonds is 12. The molecule has 1 aromatic heterocycles. The number of carboxylic acid groups (broad SMARTS) is 1. The Labute approximate surface area is 176 Å². The molecule has 1 aromatic carbocycles. The van der Waals surface area contributed by atoms with Gasteiger partial charge in [-0.1, -0.05) is 39.5 Å². The SMILES string of the molecule is CCCCCCc1c(C)c2ccc(OCC(=O)NC(CCC)C(=O)O)cc2oc1=O. The smallest absolute Gasteiger partial charge is 0.339 e. The lowest BCUT2D eigenvalue weighted by Crippen LogP contribution is -2.42. The first-order chi connectivity index (χ1) is 14.4. The number of hydrogen-bond acceptors (Lipinski definition) is 5. The summed E-state index contributed by atoms with van der Waals surface area (Å²) >= 11 is 0. The van der Waals surface area contributed by atoms with Gasteiger partial charge >= 0.3 is 11.6 Å². The van der Waals surface area contributed by atoms with E-state index in [0.29, 0.717) is 36.2 Å². The van der Waals surface area contributed by atoms with Crippen molar-refractivity contribution >= 4 is 22.8 Å². The lowest BCUT2D eigenvalue weighted by molar-refractivity contribution is -0.142. The average Bonchev–Trinajstić information content (AvgIpc) is 2.71. The van der Waals surface area contributed by atoms with Gasteiger partial charge in [-0.2, -0.15) is 0 Å². The number of carbonyl (C=O) groups is 2. The molecule has 7 heteroatoms. The summed E-state index contributed by atoms with van der Waals surface area (Å²) in [5.74, 6) is -1.21. The van der Waals surface area contributed by atoms with Crippen LogP contribution in [-0.4, -0.2) is 29.6 Å². The van der Waals surface area contributed by atoms with Gasteiger partial charge in [0.05, 0.1) is 0 Å². The molecule has 0 radical (unpaired) electrons. The molecule has 0 saturated heterocycles. The molecule has 2 rings (SSSR count). The topological polar surface area (TPSA) is 106 Å². The molecule has 0 bridgehead atoms. The van der Waals surface area contributed by atoms with E-state index in [2.05, 4.69) is 12.2 Å². The number of ether oxygens (including phenoxy) is 1. The molecule has 1 unspecified atom stereocenters. The predicted molar refractivity (Wildman–Crippen MR) is 115 cm³/mol. The molecular weight excluding hydrogens is 386 g/mol. The summed E-state index contributed by atoms with van der Waals surface area (Å²) in [6, 6.07) is 4.18. The summed E-state index contributed by atoms with van der Waals surface area (Å²) < 4.78 is 11.0. The summed E-state index contributed by atoms with van der Waals surface area (Å²) in [5, 5.41) is 12.4. The van der Waals surface area contributed by atoms with Crippen LogP contribution in [0, 0.1) is 6.92 Å². The molecule has 0 fully saturated rings. The van der Waals surface area contributed by atoms with Crippen molar-refractivity contribution < 1.29 is 23.8 Å². The van der Waals surface area contributed by atoms with E-state index in [1.807, 2.05) is 19.9 Å². The molecule has 0 aliphatic heterocycles. The van der Waals surface area contributed by atoms with E-state index in [1.165, 1.54) is 0 Å². The van der Waals surface area contributed by atoms with Gasteiger partial charge in [-0.3, -0.25) is 4.79 Å². The van der Waals surface area contributed by atoms with E-state index in [9.17, 15) is 14.4 Å². The van der Waals surface area contributed by atoms with E-state index in [0.717, 1.165) is 36.6 Å². The van der Waals surface area contributed by atoms with Crippen molar-refractivity contribution in [3.8, 4) is 5.75 Å². The zero-order valence-electron chi connectivity index (χ0n) is 18.0. The Morgan fingerprint density at radius 3 is 2.60 bits per heavy atom. The minimum atomic E-state index is -1.07. The summed E-state index contributed by atoms with van der Waals surface area (Å²) in [5.41, 5.74) is 1.69. The van der Waals surface area contributed by atoms with Gasteiger partial charge in [0.15, 0.2) is 6.61 Å². The maximum Gasteiger partial charge on any atom is 0.339 e. The van der Waals surface area contributed by atoms with Gasteiger partial charge in [0.1, 0.15) is 17.4 Å². The Morgan fingerprint density at radius 2 is 1.93 bits per heavy atom. The molecule has 1 amide bonds. The first kappa shape index (κ1) is 23.4. The Balaban J connectivity index is 2.07. The third-order valence-corrected chi connectivity index (χ3v) is 5.12.